The van der Waals surface area contributed by atoms with Crippen LogP contribution in [0, 0.1) is 0 Å². The SMILES string of the molecule is COc1ncccc1CNCCSC. The summed E-state index contributed by atoms with van der Waals surface area (Å²) in [6.45, 7) is 1.83. The lowest BCUT2D eigenvalue weighted by atomic mass is 10.2. The first-order valence-electron chi connectivity index (χ1n) is 4.56. The number of rotatable bonds is 6. The van der Waals surface area contributed by atoms with E-state index in [2.05, 4.69) is 16.6 Å². The maximum absolute atomic E-state index is 5.15. The van der Waals surface area contributed by atoms with Gasteiger partial charge in [-0.25, -0.2) is 4.98 Å². The second-order valence-corrected chi connectivity index (χ2v) is 3.83. The van der Waals surface area contributed by atoms with Gasteiger partial charge in [0, 0.05) is 30.6 Å². The molecule has 1 rings (SSSR count). The van der Waals surface area contributed by atoms with Crippen molar-refractivity contribution in [1.82, 2.24) is 10.3 Å². The molecule has 0 aromatic carbocycles. The third-order valence-corrected chi connectivity index (χ3v) is 2.45. The summed E-state index contributed by atoms with van der Waals surface area (Å²) in [6, 6.07) is 3.95. The normalized spacial score (nSPS) is 10.1. The van der Waals surface area contributed by atoms with Crippen molar-refractivity contribution in [2.45, 2.75) is 6.54 Å². The summed E-state index contributed by atoms with van der Waals surface area (Å²) < 4.78 is 5.15. The molecule has 0 aliphatic rings. The van der Waals surface area contributed by atoms with Gasteiger partial charge < -0.3 is 10.1 Å². The summed E-state index contributed by atoms with van der Waals surface area (Å²) in [5.41, 5.74) is 1.11. The molecule has 1 aromatic heterocycles. The summed E-state index contributed by atoms with van der Waals surface area (Å²) in [5, 5.41) is 3.34. The topological polar surface area (TPSA) is 34.1 Å². The van der Waals surface area contributed by atoms with Crippen molar-refractivity contribution in [3.8, 4) is 5.88 Å². The largest absolute Gasteiger partial charge is 0.481 e. The Labute approximate surface area is 89.3 Å². The predicted octanol–water partition coefficient (Wildman–Crippen LogP) is 1.54. The highest BCUT2D eigenvalue weighted by atomic mass is 32.2. The lowest BCUT2D eigenvalue weighted by Gasteiger charge is -2.07. The zero-order valence-corrected chi connectivity index (χ0v) is 9.43. The summed E-state index contributed by atoms with van der Waals surface area (Å²) in [4.78, 5) is 4.13. The van der Waals surface area contributed by atoms with E-state index in [-0.39, 0.29) is 0 Å². The molecule has 14 heavy (non-hydrogen) atoms. The van der Waals surface area contributed by atoms with Crippen molar-refractivity contribution >= 4 is 11.8 Å². The third-order valence-electron chi connectivity index (χ3n) is 1.84. The number of methoxy groups -OCH3 is 1. The van der Waals surface area contributed by atoms with Crippen LogP contribution in [0.3, 0.4) is 0 Å². The Morgan fingerprint density at radius 3 is 3.14 bits per heavy atom. The Morgan fingerprint density at radius 2 is 2.43 bits per heavy atom. The molecule has 0 saturated carbocycles. The van der Waals surface area contributed by atoms with Crippen molar-refractivity contribution in [1.29, 1.82) is 0 Å². The molecule has 0 bridgehead atoms. The summed E-state index contributed by atoms with van der Waals surface area (Å²) in [6.07, 6.45) is 3.84. The Hall–Kier alpha value is -0.740. The van der Waals surface area contributed by atoms with Crippen LogP contribution in [0.1, 0.15) is 5.56 Å². The fourth-order valence-electron chi connectivity index (χ4n) is 1.14. The molecular weight excluding hydrogens is 196 g/mol. The van der Waals surface area contributed by atoms with E-state index in [9.17, 15) is 0 Å². The van der Waals surface area contributed by atoms with Gasteiger partial charge in [0.15, 0.2) is 0 Å². The zero-order valence-electron chi connectivity index (χ0n) is 8.62. The molecule has 0 atom stereocenters. The minimum Gasteiger partial charge on any atom is -0.481 e. The first-order chi connectivity index (χ1) is 6.88. The van der Waals surface area contributed by atoms with E-state index >= 15 is 0 Å². The molecule has 0 amide bonds. The quantitative estimate of drug-likeness (QED) is 0.725. The van der Waals surface area contributed by atoms with Crippen LogP contribution >= 0.6 is 11.8 Å². The molecule has 0 spiro atoms. The summed E-state index contributed by atoms with van der Waals surface area (Å²) in [7, 11) is 1.65. The van der Waals surface area contributed by atoms with Gasteiger partial charge in [-0.2, -0.15) is 11.8 Å². The van der Waals surface area contributed by atoms with Crippen LogP contribution in [0.15, 0.2) is 18.3 Å². The highest BCUT2D eigenvalue weighted by Gasteiger charge is 2.01. The third kappa shape index (κ3) is 3.55. The summed E-state index contributed by atoms with van der Waals surface area (Å²) in [5.74, 6) is 1.84. The van der Waals surface area contributed by atoms with Crippen LogP contribution in [-0.4, -0.2) is 30.6 Å². The number of aromatic nitrogens is 1. The highest BCUT2D eigenvalue weighted by Crippen LogP contribution is 2.12. The lowest BCUT2D eigenvalue weighted by molar-refractivity contribution is 0.391. The van der Waals surface area contributed by atoms with E-state index in [1.165, 1.54) is 0 Å². The molecule has 1 aromatic rings. The van der Waals surface area contributed by atoms with Crippen LogP contribution in [0.25, 0.3) is 0 Å². The standard InChI is InChI=1S/C10H16N2OS/c1-13-10-9(4-3-5-12-10)8-11-6-7-14-2/h3-5,11H,6-8H2,1-2H3. The van der Waals surface area contributed by atoms with Gasteiger partial charge in [-0.1, -0.05) is 6.07 Å². The van der Waals surface area contributed by atoms with E-state index < -0.39 is 0 Å². The van der Waals surface area contributed by atoms with Gasteiger partial charge >= 0.3 is 0 Å². The van der Waals surface area contributed by atoms with Crippen LogP contribution in [0.2, 0.25) is 0 Å². The predicted molar refractivity (Wildman–Crippen MR) is 60.9 cm³/mol. The first kappa shape index (κ1) is 11.3. The molecule has 0 radical (unpaired) electrons. The average molecular weight is 212 g/mol. The fourth-order valence-corrected chi connectivity index (χ4v) is 1.49. The molecule has 3 nitrogen and oxygen atoms in total. The Kier molecular flexibility index (Phi) is 5.40. The van der Waals surface area contributed by atoms with Gasteiger partial charge in [-0.15, -0.1) is 0 Å². The average Bonchev–Trinajstić information content (AvgIpc) is 2.25. The smallest absolute Gasteiger partial charge is 0.217 e. The van der Waals surface area contributed by atoms with Gasteiger partial charge in [-0.05, 0) is 12.3 Å². The molecule has 0 aliphatic heterocycles. The number of nitrogens with one attached hydrogen (secondary N) is 1. The van der Waals surface area contributed by atoms with Gasteiger partial charge in [0.05, 0.1) is 7.11 Å². The van der Waals surface area contributed by atoms with E-state index in [0.717, 1.165) is 24.4 Å². The number of nitrogens with zero attached hydrogens (tertiary/aromatic N) is 1. The molecule has 1 N–H and O–H groups in total. The minimum atomic E-state index is 0.712. The zero-order chi connectivity index (χ0) is 10.2. The molecule has 4 heteroatoms. The Balaban J connectivity index is 2.41. The molecule has 0 unspecified atom stereocenters. The van der Waals surface area contributed by atoms with Crippen molar-refractivity contribution in [2.24, 2.45) is 0 Å². The Morgan fingerprint density at radius 1 is 1.57 bits per heavy atom. The van der Waals surface area contributed by atoms with Crippen molar-refractivity contribution in [2.75, 3.05) is 25.7 Å². The van der Waals surface area contributed by atoms with Gasteiger partial charge in [0.1, 0.15) is 0 Å². The minimum absolute atomic E-state index is 0.712. The van der Waals surface area contributed by atoms with Gasteiger partial charge in [-0.3, -0.25) is 0 Å². The van der Waals surface area contributed by atoms with Crippen molar-refractivity contribution in [3.05, 3.63) is 23.9 Å². The number of thioether (sulfide) groups is 1. The molecular formula is C10H16N2OS. The maximum Gasteiger partial charge on any atom is 0.217 e. The van der Waals surface area contributed by atoms with Gasteiger partial charge in [0.25, 0.3) is 0 Å². The van der Waals surface area contributed by atoms with Crippen molar-refractivity contribution < 1.29 is 4.74 Å². The number of ether oxygens (including phenoxy) is 1. The second-order valence-electron chi connectivity index (χ2n) is 2.84. The van der Waals surface area contributed by atoms with Crippen LogP contribution < -0.4 is 10.1 Å². The van der Waals surface area contributed by atoms with Gasteiger partial charge in [0.2, 0.25) is 5.88 Å². The lowest BCUT2D eigenvalue weighted by Crippen LogP contribution is -2.17. The monoisotopic (exact) mass is 212 g/mol. The van der Waals surface area contributed by atoms with Crippen LogP contribution in [-0.2, 0) is 6.54 Å². The van der Waals surface area contributed by atoms with Crippen LogP contribution in [0.4, 0.5) is 0 Å². The fraction of sp³-hybridized carbons (Fsp3) is 0.500. The molecule has 78 valence electrons. The molecule has 0 fully saturated rings. The molecule has 1 heterocycles. The van der Waals surface area contributed by atoms with E-state index in [0.29, 0.717) is 5.88 Å². The van der Waals surface area contributed by atoms with Crippen LogP contribution in [0.5, 0.6) is 5.88 Å². The van der Waals surface area contributed by atoms with E-state index in [1.54, 1.807) is 13.3 Å². The second kappa shape index (κ2) is 6.68. The number of hydrogen-bond donors (Lipinski definition) is 1. The number of pyridine rings is 1. The maximum atomic E-state index is 5.15. The van der Waals surface area contributed by atoms with Crippen molar-refractivity contribution in [3.63, 3.8) is 0 Å². The number of hydrogen-bond acceptors (Lipinski definition) is 4. The molecule has 0 saturated heterocycles. The van der Waals surface area contributed by atoms with E-state index in [1.807, 2.05) is 23.9 Å². The van der Waals surface area contributed by atoms with E-state index in [4.69, 9.17) is 4.74 Å². The summed E-state index contributed by atoms with van der Waals surface area (Å²) >= 11 is 1.84. The first-order valence-corrected chi connectivity index (χ1v) is 5.95. The molecule has 0 aliphatic carbocycles. The highest BCUT2D eigenvalue weighted by molar-refractivity contribution is 7.98. The Bertz CT molecular complexity index is 268.